The molecule has 0 aliphatic carbocycles. The molecule has 0 nitrogen and oxygen atoms in total. The van der Waals surface area contributed by atoms with Crippen molar-refractivity contribution in [3.05, 3.63) is 35.1 Å². The van der Waals surface area contributed by atoms with Crippen LogP contribution in [-0.4, -0.2) is 0 Å². The second-order valence-corrected chi connectivity index (χ2v) is 7.07. The van der Waals surface area contributed by atoms with Crippen LogP contribution in [0.3, 0.4) is 0 Å². The molecule has 0 radical (unpaired) electrons. The zero-order chi connectivity index (χ0) is 18.2. The number of aryl methyl sites for hydroxylation is 1. The fourth-order valence-corrected chi connectivity index (χ4v) is 3.07. The van der Waals surface area contributed by atoms with E-state index in [2.05, 4.69) is 27.7 Å². The van der Waals surface area contributed by atoms with Crippen molar-refractivity contribution in [1.29, 1.82) is 0 Å². The highest BCUT2D eigenvalue weighted by molar-refractivity contribution is 5.26. The van der Waals surface area contributed by atoms with E-state index in [9.17, 15) is 4.39 Å². The fraction of sp³-hybridized carbons (Fsp3) is 0.739. The van der Waals surface area contributed by atoms with Gasteiger partial charge in [-0.2, -0.15) is 0 Å². The predicted octanol–water partition coefficient (Wildman–Crippen LogP) is 8.57. The number of unbranched alkanes of at least 4 members (excludes halogenated alkanes) is 6. The summed E-state index contributed by atoms with van der Waals surface area (Å²) in [6, 6.07) is 5.65. The molecule has 0 N–H and O–H groups in total. The SMILES string of the molecule is CCCCC(CCC)c1ccc(C)cc1F.CCCCCCCC. The van der Waals surface area contributed by atoms with Gasteiger partial charge in [0.1, 0.15) is 5.82 Å². The Balaban J connectivity index is 0.000000561. The van der Waals surface area contributed by atoms with Crippen LogP contribution in [0.4, 0.5) is 4.39 Å². The lowest BCUT2D eigenvalue weighted by molar-refractivity contribution is 0.507. The maximum atomic E-state index is 13.9. The van der Waals surface area contributed by atoms with Crippen molar-refractivity contribution in [2.24, 2.45) is 0 Å². The molecular formula is C23H41F. The van der Waals surface area contributed by atoms with Crippen molar-refractivity contribution in [2.45, 2.75) is 111 Å². The maximum Gasteiger partial charge on any atom is 0.126 e. The second kappa shape index (κ2) is 15.7. The lowest BCUT2D eigenvalue weighted by Crippen LogP contribution is -2.02. The highest BCUT2D eigenvalue weighted by atomic mass is 19.1. The van der Waals surface area contributed by atoms with E-state index in [1.54, 1.807) is 6.07 Å². The van der Waals surface area contributed by atoms with Crippen LogP contribution in [0, 0.1) is 12.7 Å². The van der Waals surface area contributed by atoms with E-state index in [1.165, 1.54) is 51.4 Å². The molecule has 0 amide bonds. The minimum Gasteiger partial charge on any atom is -0.207 e. The quantitative estimate of drug-likeness (QED) is 0.355. The van der Waals surface area contributed by atoms with Crippen LogP contribution in [0.25, 0.3) is 0 Å². The van der Waals surface area contributed by atoms with Crippen LogP contribution < -0.4 is 0 Å². The van der Waals surface area contributed by atoms with Crippen molar-refractivity contribution in [2.75, 3.05) is 0 Å². The summed E-state index contributed by atoms with van der Waals surface area (Å²) < 4.78 is 13.9. The Morgan fingerprint density at radius 1 is 0.750 bits per heavy atom. The molecule has 1 rings (SSSR count). The van der Waals surface area contributed by atoms with Gasteiger partial charge in [0.2, 0.25) is 0 Å². The molecule has 1 aromatic carbocycles. The Hall–Kier alpha value is -0.850. The number of benzene rings is 1. The Bertz CT molecular complexity index is 391. The highest BCUT2D eigenvalue weighted by Crippen LogP contribution is 2.29. The first-order chi connectivity index (χ1) is 11.6. The fourth-order valence-electron chi connectivity index (χ4n) is 3.07. The minimum absolute atomic E-state index is 0.0189. The second-order valence-electron chi connectivity index (χ2n) is 7.07. The van der Waals surface area contributed by atoms with Gasteiger partial charge in [-0.25, -0.2) is 4.39 Å². The average Bonchev–Trinajstić information content (AvgIpc) is 2.57. The van der Waals surface area contributed by atoms with Crippen molar-refractivity contribution in [1.82, 2.24) is 0 Å². The first-order valence-electron chi connectivity index (χ1n) is 10.4. The molecule has 140 valence electrons. The molecule has 0 fully saturated rings. The van der Waals surface area contributed by atoms with Gasteiger partial charge in [-0.15, -0.1) is 0 Å². The van der Waals surface area contributed by atoms with Crippen molar-refractivity contribution in [3.8, 4) is 0 Å². The van der Waals surface area contributed by atoms with Gasteiger partial charge in [0.25, 0.3) is 0 Å². The smallest absolute Gasteiger partial charge is 0.126 e. The van der Waals surface area contributed by atoms with Gasteiger partial charge in [-0.1, -0.05) is 97.6 Å². The molecule has 0 saturated heterocycles. The van der Waals surface area contributed by atoms with E-state index >= 15 is 0 Å². The average molecular weight is 337 g/mol. The highest BCUT2D eigenvalue weighted by Gasteiger charge is 2.14. The van der Waals surface area contributed by atoms with Crippen molar-refractivity contribution in [3.63, 3.8) is 0 Å². The molecule has 0 aromatic heterocycles. The number of hydrogen-bond donors (Lipinski definition) is 0. The first-order valence-corrected chi connectivity index (χ1v) is 10.4. The maximum absolute atomic E-state index is 13.9. The van der Waals surface area contributed by atoms with Gasteiger partial charge in [0.15, 0.2) is 0 Å². The lowest BCUT2D eigenvalue weighted by atomic mass is 9.89. The van der Waals surface area contributed by atoms with Gasteiger partial charge in [0.05, 0.1) is 0 Å². The Morgan fingerprint density at radius 3 is 1.79 bits per heavy atom. The van der Waals surface area contributed by atoms with Crippen molar-refractivity contribution < 1.29 is 4.39 Å². The van der Waals surface area contributed by atoms with Gasteiger partial charge in [0, 0.05) is 0 Å². The van der Waals surface area contributed by atoms with Gasteiger partial charge < -0.3 is 0 Å². The molecule has 1 atom stereocenters. The molecule has 1 heteroatoms. The van der Waals surface area contributed by atoms with Crippen LogP contribution >= 0.6 is 0 Å². The van der Waals surface area contributed by atoms with Crippen molar-refractivity contribution >= 4 is 0 Å². The summed E-state index contributed by atoms with van der Waals surface area (Å²) in [5.74, 6) is 0.389. The van der Waals surface area contributed by atoms with Crippen LogP contribution in [0.2, 0.25) is 0 Å². The normalized spacial score (nSPS) is 11.8. The molecule has 1 unspecified atom stereocenters. The largest absolute Gasteiger partial charge is 0.207 e. The third-order valence-electron chi connectivity index (χ3n) is 4.60. The van der Waals surface area contributed by atoms with E-state index < -0.39 is 0 Å². The van der Waals surface area contributed by atoms with Gasteiger partial charge >= 0.3 is 0 Å². The Kier molecular flexibility index (Phi) is 15.1. The van der Waals surface area contributed by atoms with E-state index in [-0.39, 0.29) is 5.82 Å². The summed E-state index contributed by atoms with van der Waals surface area (Å²) in [4.78, 5) is 0. The molecule has 24 heavy (non-hydrogen) atoms. The molecule has 0 saturated carbocycles. The summed E-state index contributed by atoms with van der Waals surface area (Å²) in [6.07, 6.45) is 14.2. The van der Waals surface area contributed by atoms with Crippen LogP contribution in [0.15, 0.2) is 18.2 Å². The monoisotopic (exact) mass is 336 g/mol. The van der Waals surface area contributed by atoms with E-state index in [0.717, 1.165) is 30.4 Å². The predicted molar refractivity (Wildman–Crippen MR) is 107 cm³/mol. The van der Waals surface area contributed by atoms with Crippen LogP contribution in [0.5, 0.6) is 0 Å². The third-order valence-corrected chi connectivity index (χ3v) is 4.60. The zero-order valence-electron chi connectivity index (χ0n) is 17.0. The topological polar surface area (TPSA) is 0 Å². The summed E-state index contributed by atoms with van der Waals surface area (Å²) in [7, 11) is 0. The molecule has 0 spiro atoms. The molecule has 0 aliphatic rings. The summed E-state index contributed by atoms with van der Waals surface area (Å²) in [5, 5.41) is 0. The van der Waals surface area contributed by atoms with E-state index in [4.69, 9.17) is 0 Å². The van der Waals surface area contributed by atoms with E-state index in [1.807, 2.05) is 19.1 Å². The van der Waals surface area contributed by atoms with Crippen LogP contribution in [-0.2, 0) is 0 Å². The number of hydrogen-bond acceptors (Lipinski definition) is 0. The molecule has 0 heterocycles. The zero-order valence-corrected chi connectivity index (χ0v) is 17.0. The number of rotatable bonds is 11. The standard InChI is InChI=1S/C15H23F.C8H18/c1-4-6-8-13(7-5-2)14-10-9-12(3)11-15(14)16;1-3-5-7-8-6-4-2/h9-11,13H,4-8H2,1-3H3;3-8H2,1-2H3. The molecular weight excluding hydrogens is 295 g/mol. The summed E-state index contributed by atoms with van der Waals surface area (Å²) in [5.41, 5.74) is 1.92. The lowest BCUT2D eigenvalue weighted by Gasteiger charge is -2.17. The van der Waals surface area contributed by atoms with E-state index in [0.29, 0.717) is 5.92 Å². The molecule has 0 aliphatic heterocycles. The number of halogens is 1. The minimum atomic E-state index is -0.0189. The van der Waals surface area contributed by atoms with Gasteiger partial charge in [-0.05, 0) is 42.9 Å². The third kappa shape index (κ3) is 10.8. The Morgan fingerprint density at radius 2 is 1.33 bits per heavy atom. The molecule has 1 aromatic rings. The summed E-state index contributed by atoms with van der Waals surface area (Å²) in [6.45, 7) is 10.8. The first kappa shape index (κ1) is 23.1. The molecule has 0 bridgehead atoms. The summed E-state index contributed by atoms with van der Waals surface area (Å²) >= 11 is 0. The van der Waals surface area contributed by atoms with Crippen LogP contribution in [0.1, 0.15) is 115 Å². The van der Waals surface area contributed by atoms with Gasteiger partial charge in [-0.3, -0.25) is 0 Å². The Labute approximate surface area is 151 Å².